The Balaban J connectivity index is 1.91. The number of hydrogen-bond acceptors (Lipinski definition) is 4. The van der Waals surface area contributed by atoms with E-state index in [1.165, 1.54) is 5.56 Å². The van der Waals surface area contributed by atoms with E-state index in [1.54, 1.807) is 7.11 Å². The number of rotatable bonds is 7. The molecule has 1 aliphatic rings. The quantitative estimate of drug-likeness (QED) is 0.757. The zero-order valence-corrected chi connectivity index (χ0v) is 12.5. The Morgan fingerprint density at radius 3 is 2.71 bits per heavy atom. The van der Waals surface area contributed by atoms with E-state index in [4.69, 9.17) is 15.2 Å². The number of nitrogens with two attached hydrogens (primary N) is 1. The number of amides is 1. The lowest BCUT2D eigenvalue weighted by Crippen LogP contribution is -2.33. The van der Waals surface area contributed by atoms with Crippen LogP contribution in [0.25, 0.3) is 0 Å². The van der Waals surface area contributed by atoms with Crippen molar-refractivity contribution in [2.45, 2.75) is 5.92 Å². The number of nitrogens with zero attached hydrogens (tertiary/aromatic N) is 1. The predicted molar refractivity (Wildman–Crippen MR) is 81.0 cm³/mol. The van der Waals surface area contributed by atoms with Crippen LogP contribution in [0.15, 0.2) is 30.3 Å². The standard InChI is InChI=1S/C16H24N2O3/c1-20-7-8-21-12-16(19)18-10-14(9-17)15(11-18)13-5-3-2-4-6-13/h2-6,14-15H,7-12,17H2,1H3/t14-,15+/m1/s1. The van der Waals surface area contributed by atoms with Crippen LogP contribution in [0.3, 0.4) is 0 Å². The van der Waals surface area contributed by atoms with Gasteiger partial charge in [0.2, 0.25) is 5.91 Å². The highest BCUT2D eigenvalue weighted by Gasteiger charge is 2.35. The molecule has 2 atom stereocenters. The number of carbonyl (C=O) groups excluding carboxylic acids is 1. The van der Waals surface area contributed by atoms with Gasteiger partial charge in [0.05, 0.1) is 13.2 Å². The molecule has 0 bridgehead atoms. The lowest BCUT2D eigenvalue weighted by Gasteiger charge is -2.17. The first-order valence-corrected chi connectivity index (χ1v) is 7.35. The topological polar surface area (TPSA) is 64.8 Å². The van der Waals surface area contributed by atoms with Gasteiger partial charge >= 0.3 is 0 Å². The zero-order chi connectivity index (χ0) is 15.1. The molecule has 0 radical (unpaired) electrons. The Morgan fingerprint density at radius 1 is 1.29 bits per heavy atom. The van der Waals surface area contributed by atoms with Crippen LogP contribution in [-0.2, 0) is 14.3 Å². The Labute approximate surface area is 126 Å². The zero-order valence-electron chi connectivity index (χ0n) is 12.5. The van der Waals surface area contributed by atoms with E-state index in [0.717, 1.165) is 6.54 Å². The first kappa shape index (κ1) is 15.9. The summed E-state index contributed by atoms with van der Waals surface area (Å²) < 4.78 is 10.2. The molecule has 1 amide bonds. The van der Waals surface area contributed by atoms with Crippen LogP contribution in [0.5, 0.6) is 0 Å². The molecular formula is C16H24N2O3. The van der Waals surface area contributed by atoms with Gasteiger partial charge in [0.15, 0.2) is 0 Å². The van der Waals surface area contributed by atoms with E-state index in [0.29, 0.717) is 38.1 Å². The Bertz CT molecular complexity index is 438. The SMILES string of the molecule is COCCOCC(=O)N1C[C@@H](CN)[C@H](c2ccccc2)C1. The summed E-state index contributed by atoms with van der Waals surface area (Å²) in [6, 6.07) is 10.3. The largest absolute Gasteiger partial charge is 0.382 e. The molecule has 2 rings (SSSR count). The highest BCUT2D eigenvalue weighted by atomic mass is 16.5. The van der Waals surface area contributed by atoms with E-state index in [2.05, 4.69) is 12.1 Å². The van der Waals surface area contributed by atoms with Crippen molar-refractivity contribution in [2.24, 2.45) is 11.7 Å². The minimum Gasteiger partial charge on any atom is -0.382 e. The van der Waals surface area contributed by atoms with Crippen LogP contribution in [0.2, 0.25) is 0 Å². The van der Waals surface area contributed by atoms with Gasteiger partial charge in [0, 0.05) is 26.1 Å². The molecule has 116 valence electrons. The molecule has 0 unspecified atom stereocenters. The Kier molecular flexibility index (Phi) is 6.17. The molecule has 1 aliphatic heterocycles. The molecule has 1 fully saturated rings. The van der Waals surface area contributed by atoms with Crippen LogP contribution in [-0.4, -0.2) is 57.4 Å². The third kappa shape index (κ3) is 4.27. The van der Waals surface area contributed by atoms with Crippen LogP contribution >= 0.6 is 0 Å². The number of hydrogen-bond donors (Lipinski definition) is 1. The smallest absolute Gasteiger partial charge is 0.248 e. The molecular weight excluding hydrogens is 268 g/mol. The van der Waals surface area contributed by atoms with Crippen LogP contribution in [0, 0.1) is 5.92 Å². The van der Waals surface area contributed by atoms with Crippen LogP contribution < -0.4 is 5.73 Å². The molecule has 0 aliphatic carbocycles. The van der Waals surface area contributed by atoms with Crippen LogP contribution in [0.4, 0.5) is 0 Å². The van der Waals surface area contributed by atoms with Gasteiger partial charge in [-0.1, -0.05) is 30.3 Å². The van der Waals surface area contributed by atoms with Gasteiger partial charge in [-0.2, -0.15) is 0 Å². The monoisotopic (exact) mass is 292 g/mol. The number of methoxy groups -OCH3 is 1. The fraction of sp³-hybridized carbons (Fsp3) is 0.562. The minimum absolute atomic E-state index is 0.0305. The summed E-state index contributed by atoms with van der Waals surface area (Å²) in [6.45, 7) is 3.08. The first-order valence-electron chi connectivity index (χ1n) is 7.35. The van der Waals surface area contributed by atoms with Crippen molar-refractivity contribution in [3.63, 3.8) is 0 Å². The molecule has 1 saturated heterocycles. The fourth-order valence-corrected chi connectivity index (χ4v) is 2.78. The summed E-state index contributed by atoms with van der Waals surface area (Å²) in [4.78, 5) is 14.0. The average Bonchev–Trinajstić information content (AvgIpc) is 2.96. The number of ether oxygens (including phenoxy) is 2. The van der Waals surface area contributed by atoms with Crippen molar-refractivity contribution in [2.75, 3.05) is 46.6 Å². The second-order valence-electron chi connectivity index (χ2n) is 5.36. The second kappa shape index (κ2) is 8.12. The molecule has 5 nitrogen and oxygen atoms in total. The van der Waals surface area contributed by atoms with E-state index in [1.807, 2.05) is 23.1 Å². The highest BCUT2D eigenvalue weighted by Crippen LogP contribution is 2.31. The van der Waals surface area contributed by atoms with Gasteiger partial charge in [-0.05, 0) is 18.0 Å². The number of likely N-dealkylation sites (tertiary alicyclic amines) is 1. The fourth-order valence-electron chi connectivity index (χ4n) is 2.78. The van der Waals surface area contributed by atoms with Gasteiger partial charge in [-0.3, -0.25) is 4.79 Å². The molecule has 0 saturated carbocycles. The van der Waals surface area contributed by atoms with Crippen molar-refractivity contribution in [3.05, 3.63) is 35.9 Å². The molecule has 1 aromatic rings. The van der Waals surface area contributed by atoms with Crippen molar-refractivity contribution >= 4 is 5.91 Å². The average molecular weight is 292 g/mol. The maximum Gasteiger partial charge on any atom is 0.248 e. The summed E-state index contributed by atoms with van der Waals surface area (Å²) >= 11 is 0. The van der Waals surface area contributed by atoms with E-state index < -0.39 is 0 Å². The Morgan fingerprint density at radius 2 is 2.05 bits per heavy atom. The summed E-state index contributed by atoms with van der Waals surface area (Å²) in [5.41, 5.74) is 7.13. The molecule has 0 aromatic heterocycles. The van der Waals surface area contributed by atoms with Gasteiger partial charge < -0.3 is 20.1 Å². The summed E-state index contributed by atoms with van der Waals surface area (Å²) in [6.07, 6.45) is 0. The van der Waals surface area contributed by atoms with Gasteiger partial charge in [0.1, 0.15) is 6.61 Å². The highest BCUT2D eigenvalue weighted by molar-refractivity contribution is 5.78. The summed E-state index contributed by atoms with van der Waals surface area (Å²) in [5.74, 6) is 0.664. The number of benzene rings is 1. The van der Waals surface area contributed by atoms with Crippen molar-refractivity contribution in [1.29, 1.82) is 0 Å². The molecule has 1 heterocycles. The lowest BCUT2D eigenvalue weighted by atomic mass is 9.89. The maximum atomic E-state index is 12.2. The molecule has 21 heavy (non-hydrogen) atoms. The Hall–Kier alpha value is -1.43. The van der Waals surface area contributed by atoms with Gasteiger partial charge in [-0.25, -0.2) is 0 Å². The van der Waals surface area contributed by atoms with Gasteiger partial charge in [-0.15, -0.1) is 0 Å². The summed E-state index contributed by atoms with van der Waals surface area (Å²) in [5, 5.41) is 0. The van der Waals surface area contributed by atoms with Gasteiger partial charge in [0.25, 0.3) is 0 Å². The second-order valence-corrected chi connectivity index (χ2v) is 5.36. The molecule has 5 heteroatoms. The third-order valence-corrected chi connectivity index (χ3v) is 3.98. The van der Waals surface area contributed by atoms with Crippen molar-refractivity contribution in [1.82, 2.24) is 4.90 Å². The summed E-state index contributed by atoms with van der Waals surface area (Å²) in [7, 11) is 1.61. The van der Waals surface area contributed by atoms with Crippen molar-refractivity contribution < 1.29 is 14.3 Å². The van der Waals surface area contributed by atoms with E-state index in [9.17, 15) is 4.79 Å². The van der Waals surface area contributed by atoms with E-state index in [-0.39, 0.29) is 12.5 Å². The maximum absolute atomic E-state index is 12.2. The number of carbonyl (C=O) groups is 1. The normalized spacial score (nSPS) is 21.7. The third-order valence-electron chi connectivity index (χ3n) is 3.98. The van der Waals surface area contributed by atoms with E-state index >= 15 is 0 Å². The molecule has 2 N–H and O–H groups in total. The molecule has 1 aromatic carbocycles. The van der Waals surface area contributed by atoms with Crippen LogP contribution in [0.1, 0.15) is 11.5 Å². The minimum atomic E-state index is 0.0305. The predicted octanol–water partition coefficient (Wildman–Crippen LogP) is 0.850. The lowest BCUT2D eigenvalue weighted by molar-refractivity contribution is -0.135. The van der Waals surface area contributed by atoms with Crippen molar-refractivity contribution in [3.8, 4) is 0 Å². The first-order chi connectivity index (χ1) is 10.3. The molecule has 0 spiro atoms.